The van der Waals surface area contributed by atoms with Gasteiger partial charge in [-0.1, -0.05) is 0 Å². The van der Waals surface area contributed by atoms with Crippen molar-refractivity contribution < 1.29 is 29.1 Å². The van der Waals surface area contributed by atoms with Crippen molar-refractivity contribution in [3.63, 3.8) is 0 Å². The number of ether oxygens (including phenoxy) is 2. The highest BCUT2D eigenvalue weighted by molar-refractivity contribution is 6.08. The summed E-state index contributed by atoms with van der Waals surface area (Å²) in [6.07, 6.45) is 1.29. The van der Waals surface area contributed by atoms with Gasteiger partial charge in [-0.05, 0) is 38.1 Å². The van der Waals surface area contributed by atoms with Gasteiger partial charge in [0, 0.05) is 23.7 Å². The molecule has 2 aromatic carbocycles. The maximum atomic E-state index is 12.5. The molecule has 31 heavy (non-hydrogen) atoms. The molecule has 2 N–H and O–H groups in total. The first-order valence-corrected chi connectivity index (χ1v) is 9.37. The predicted molar refractivity (Wildman–Crippen MR) is 112 cm³/mol. The third-order valence-corrected chi connectivity index (χ3v) is 4.33. The van der Waals surface area contributed by atoms with Gasteiger partial charge in [0.2, 0.25) is 0 Å². The standard InChI is InChI=1S/C21H19N3O7/c1-3-30-20(26)12-5-7-16-14(9-12)19(15(11-22-16)21(27)31-4-2)23-17-10-13(24(28)29)6-8-18(17)25/h5-11,25H,3-4H2,1-2H3,(H,22,23). The number of hydrogen-bond donors (Lipinski definition) is 2. The number of aromatic nitrogens is 1. The number of phenols is 1. The van der Waals surface area contributed by atoms with Crippen molar-refractivity contribution in [3.8, 4) is 5.75 Å². The number of pyridine rings is 1. The summed E-state index contributed by atoms with van der Waals surface area (Å²) < 4.78 is 10.1. The molecule has 0 aliphatic carbocycles. The van der Waals surface area contributed by atoms with Gasteiger partial charge in [0.15, 0.2) is 0 Å². The average Bonchev–Trinajstić information content (AvgIpc) is 2.75. The zero-order chi connectivity index (χ0) is 22.5. The summed E-state index contributed by atoms with van der Waals surface area (Å²) in [5, 5.41) is 24.6. The smallest absolute Gasteiger partial charge is 0.341 e. The van der Waals surface area contributed by atoms with Gasteiger partial charge < -0.3 is 19.9 Å². The lowest BCUT2D eigenvalue weighted by atomic mass is 10.1. The van der Waals surface area contributed by atoms with E-state index in [9.17, 15) is 24.8 Å². The summed E-state index contributed by atoms with van der Waals surface area (Å²) in [4.78, 5) is 39.5. The first-order chi connectivity index (χ1) is 14.8. The van der Waals surface area contributed by atoms with E-state index in [-0.39, 0.29) is 47.2 Å². The van der Waals surface area contributed by atoms with Gasteiger partial charge in [-0.2, -0.15) is 0 Å². The molecule has 0 radical (unpaired) electrons. The maximum absolute atomic E-state index is 12.5. The minimum absolute atomic E-state index is 0.00575. The molecular formula is C21H19N3O7. The molecule has 10 heteroatoms. The van der Waals surface area contributed by atoms with E-state index < -0.39 is 16.9 Å². The normalized spacial score (nSPS) is 10.5. The van der Waals surface area contributed by atoms with Crippen LogP contribution in [0.2, 0.25) is 0 Å². The van der Waals surface area contributed by atoms with E-state index in [0.29, 0.717) is 10.9 Å². The Kier molecular flexibility index (Phi) is 6.29. The maximum Gasteiger partial charge on any atom is 0.341 e. The number of phenolic OH excluding ortho intramolecular Hbond substituents is 1. The Morgan fingerprint density at radius 3 is 2.48 bits per heavy atom. The molecule has 0 saturated heterocycles. The summed E-state index contributed by atoms with van der Waals surface area (Å²) in [6, 6.07) is 8.04. The van der Waals surface area contributed by atoms with Gasteiger partial charge in [-0.3, -0.25) is 15.1 Å². The van der Waals surface area contributed by atoms with E-state index in [1.807, 2.05) is 0 Å². The second-order valence-electron chi connectivity index (χ2n) is 6.30. The highest BCUT2D eigenvalue weighted by Crippen LogP contribution is 2.35. The predicted octanol–water partition coefficient (Wildman–Crippen LogP) is 3.95. The summed E-state index contributed by atoms with van der Waals surface area (Å²) in [7, 11) is 0. The second-order valence-corrected chi connectivity index (χ2v) is 6.30. The molecule has 1 heterocycles. The van der Waals surface area contributed by atoms with Crippen molar-refractivity contribution in [2.75, 3.05) is 18.5 Å². The summed E-state index contributed by atoms with van der Waals surface area (Å²) in [6.45, 7) is 3.62. The number of carbonyl (C=O) groups excluding carboxylic acids is 2. The first kappa shape index (κ1) is 21.5. The molecule has 0 bridgehead atoms. The first-order valence-electron chi connectivity index (χ1n) is 9.37. The lowest BCUT2D eigenvalue weighted by Gasteiger charge is -2.15. The Morgan fingerprint density at radius 1 is 1.10 bits per heavy atom. The number of hydrogen-bond acceptors (Lipinski definition) is 9. The third kappa shape index (κ3) is 4.53. The van der Waals surface area contributed by atoms with Crippen LogP contribution < -0.4 is 5.32 Å². The van der Waals surface area contributed by atoms with E-state index in [0.717, 1.165) is 18.2 Å². The van der Waals surface area contributed by atoms with Crippen LogP contribution in [0.15, 0.2) is 42.6 Å². The van der Waals surface area contributed by atoms with Crippen molar-refractivity contribution in [3.05, 3.63) is 63.8 Å². The molecule has 0 aliphatic rings. The van der Waals surface area contributed by atoms with Crippen LogP contribution in [0.25, 0.3) is 10.9 Å². The molecule has 160 valence electrons. The summed E-state index contributed by atoms with van der Waals surface area (Å²) in [5.74, 6) is -1.52. The lowest BCUT2D eigenvalue weighted by Crippen LogP contribution is -2.10. The van der Waals surface area contributed by atoms with E-state index in [1.165, 1.54) is 18.3 Å². The Labute approximate surface area is 176 Å². The number of esters is 2. The molecule has 0 unspecified atom stereocenters. The number of fused-ring (bicyclic) bond motifs is 1. The zero-order valence-electron chi connectivity index (χ0n) is 16.7. The molecule has 0 amide bonds. The zero-order valence-corrected chi connectivity index (χ0v) is 16.7. The number of non-ortho nitro benzene ring substituents is 1. The topological polar surface area (TPSA) is 141 Å². The molecular weight excluding hydrogens is 406 g/mol. The monoisotopic (exact) mass is 425 g/mol. The number of carbonyl (C=O) groups is 2. The Balaban J connectivity index is 2.22. The average molecular weight is 425 g/mol. The molecule has 10 nitrogen and oxygen atoms in total. The van der Waals surface area contributed by atoms with Crippen LogP contribution in [-0.4, -0.2) is 40.2 Å². The Bertz CT molecular complexity index is 1170. The Morgan fingerprint density at radius 2 is 1.81 bits per heavy atom. The highest BCUT2D eigenvalue weighted by atomic mass is 16.6. The molecule has 3 rings (SSSR count). The van der Waals surface area contributed by atoms with Crippen LogP contribution in [0.3, 0.4) is 0 Å². The van der Waals surface area contributed by atoms with Crippen LogP contribution in [0, 0.1) is 10.1 Å². The minimum Gasteiger partial charge on any atom is -0.506 e. The molecule has 3 aromatic rings. The Hall–Kier alpha value is -4.21. The highest BCUT2D eigenvalue weighted by Gasteiger charge is 2.20. The van der Waals surface area contributed by atoms with E-state index in [2.05, 4.69) is 10.3 Å². The van der Waals surface area contributed by atoms with Crippen molar-refractivity contribution >= 4 is 39.9 Å². The van der Waals surface area contributed by atoms with Crippen LogP contribution in [0.5, 0.6) is 5.75 Å². The summed E-state index contributed by atoms with van der Waals surface area (Å²) >= 11 is 0. The second kappa shape index (κ2) is 9.08. The molecule has 0 aliphatic heterocycles. The lowest BCUT2D eigenvalue weighted by molar-refractivity contribution is -0.384. The number of nitrogens with zero attached hydrogens (tertiary/aromatic N) is 2. The number of nitro benzene ring substituents is 1. The molecule has 0 atom stereocenters. The molecule has 0 fully saturated rings. The number of rotatable bonds is 7. The quantitative estimate of drug-likeness (QED) is 0.249. The van der Waals surface area contributed by atoms with Crippen molar-refractivity contribution in [1.29, 1.82) is 0 Å². The largest absolute Gasteiger partial charge is 0.506 e. The molecule has 1 aromatic heterocycles. The van der Waals surface area contributed by atoms with Gasteiger partial charge in [-0.25, -0.2) is 9.59 Å². The van der Waals surface area contributed by atoms with Gasteiger partial charge in [0.1, 0.15) is 11.3 Å². The van der Waals surface area contributed by atoms with Gasteiger partial charge in [0.25, 0.3) is 5.69 Å². The van der Waals surface area contributed by atoms with Crippen LogP contribution in [-0.2, 0) is 9.47 Å². The fraction of sp³-hybridized carbons (Fsp3) is 0.190. The van der Waals surface area contributed by atoms with Crippen LogP contribution >= 0.6 is 0 Å². The van der Waals surface area contributed by atoms with Crippen molar-refractivity contribution in [1.82, 2.24) is 4.98 Å². The molecule has 0 saturated carbocycles. The van der Waals surface area contributed by atoms with E-state index >= 15 is 0 Å². The van der Waals surface area contributed by atoms with Gasteiger partial charge >= 0.3 is 11.9 Å². The minimum atomic E-state index is -0.689. The number of aromatic hydroxyl groups is 1. The SMILES string of the molecule is CCOC(=O)c1ccc2ncc(C(=O)OCC)c(Nc3cc([N+](=O)[O-])ccc3O)c2c1. The van der Waals surface area contributed by atoms with Crippen molar-refractivity contribution in [2.45, 2.75) is 13.8 Å². The number of nitro groups is 1. The van der Waals surface area contributed by atoms with Crippen LogP contribution in [0.4, 0.5) is 17.1 Å². The van der Waals surface area contributed by atoms with Crippen molar-refractivity contribution in [2.24, 2.45) is 0 Å². The molecule has 0 spiro atoms. The third-order valence-electron chi connectivity index (χ3n) is 4.33. The van der Waals surface area contributed by atoms with E-state index in [4.69, 9.17) is 9.47 Å². The fourth-order valence-electron chi connectivity index (χ4n) is 2.90. The summed E-state index contributed by atoms with van der Waals surface area (Å²) in [5.41, 5.74) is 0.598. The van der Waals surface area contributed by atoms with Crippen LogP contribution in [0.1, 0.15) is 34.6 Å². The number of nitrogens with one attached hydrogen (secondary N) is 1. The van der Waals surface area contributed by atoms with E-state index in [1.54, 1.807) is 19.9 Å². The van der Waals surface area contributed by atoms with Gasteiger partial charge in [0.05, 0.1) is 40.6 Å². The number of anilines is 2. The fourth-order valence-corrected chi connectivity index (χ4v) is 2.90. The van der Waals surface area contributed by atoms with Gasteiger partial charge in [-0.15, -0.1) is 0 Å². The number of benzene rings is 2.